The zero-order chi connectivity index (χ0) is 22.4. The van der Waals surface area contributed by atoms with Crippen LogP contribution in [0.1, 0.15) is 12.5 Å². The first-order valence-electron chi connectivity index (χ1n) is 9.98. The molecule has 0 saturated carbocycles. The quantitative estimate of drug-likeness (QED) is 0.697. The molecule has 166 valence electrons. The van der Waals surface area contributed by atoms with Gasteiger partial charge in [0.05, 0.1) is 11.5 Å². The molecule has 2 aromatic rings. The van der Waals surface area contributed by atoms with Gasteiger partial charge in [-0.15, -0.1) is 0 Å². The third-order valence-electron chi connectivity index (χ3n) is 4.85. The molecular formula is C22H26N2O6S. The Labute approximate surface area is 182 Å². The molecule has 8 nitrogen and oxygen atoms in total. The summed E-state index contributed by atoms with van der Waals surface area (Å²) in [6, 6.07) is 13.8. The number of hydrogen-bond donors (Lipinski definition) is 1. The first-order chi connectivity index (χ1) is 14.7. The van der Waals surface area contributed by atoms with Gasteiger partial charge in [-0.25, -0.2) is 8.42 Å². The summed E-state index contributed by atoms with van der Waals surface area (Å²) in [5, 5.41) is 2.59. The molecule has 1 heterocycles. The molecule has 9 heteroatoms. The van der Waals surface area contributed by atoms with Gasteiger partial charge in [0.25, 0.3) is 5.91 Å². The molecule has 0 aliphatic carbocycles. The predicted octanol–water partition coefficient (Wildman–Crippen LogP) is 1.93. The second-order valence-electron chi connectivity index (χ2n) is 7.44. The Bertz CT molecular complexity index is 1000. The van der Waals surface area contributed by atoms with Crippen LogP contribution in [0.15, 0.2) is 48.5 Å². The lowest BCUT2D eigenvalue weighted by atomic mass is 10.2. The van der Waals surface area contributed by atoms with Crippen molar-refractivity contribution in [2.24, 2.45) is 0 Å². The zero-order valence-corrected chi connectivity index (χ0v) is 18.4. The Kier molecular flexibility index (Phi) is 7.17. The lowest BCUT2D eigenvalue weighted by Crippen LogP contribution is -2.52. The van der Waals surface area contributed by atoms with E-state index in [1.807, 2.05) is 31.2 Å². The van der Waals surface area contributed by atoms with Crippen LogP contribution >= 0.6 is 0 Å². The molecule has 1 aliphatic heterocycles. The van der Waals surface area contributed by atoms with Gasteiger partial charge >= 0.3 is 0 Å². The first kappa shape index (κ1) is 22.6. The molecule has 2 amide bonds. The van der Waals surface area contributed by atoms with Crippen molar-refractivity contribution in [3.63, 3.8) is 0 Å². The average Bonchev–Trinajstić information content (AvgIpc) is 2.74. The SMILES string of the molecule is Cc1ccc(Oc2ccc(OCC(=O)NC(C)C(=O)N3CCS(=O)(=O)CC3)cc2)cc1. The van der Waals surface area contributed by atoms with Crippen LogP contribution in [0, 0.1) is 6.92 Å². The van der Waals surface area contributed by atoms with Crippen LogP contribution in [0.25, 0.3) is 0 Å². The summed E-state index contributed by atoms with van der Waals surface area (Å²) in [7, 11) is -3.07. The normalized spacial score (nSPS) is 16.3. The topological polar surface area (TPSA) is 102 Å². The van der Waals surface area contributed by atoms with Crippen LogP contribution < -0.4 is 14.8 Å². The minimum atomic E-state index is -3.07. The molecule has 3 rings (SSSR count). The molecule has 0 bridgehead atoms. The second-order valence-corrected chi connectivity index (χ2v) is 9.75. The van der Waals surface area contributed by atoms with E-state index in [1.165, 1.54) is 4.90 Å². The van der Waals surface area contributed by atoms with E-state index in [0.29, 0.717) is 11.5 Å². The van der Waals surface area contributed by atoms with E-state index in [-0.39, 0.29) is 37.1 Å². The van der Waals surface area contributed by atoms with E-state index in [1.54, 1.807) is 31.2 Å². The molecule has 0 spiro atoms. The van der Waals surface area contributed by atoms with Crippen molar-refractivity contribution in [1.29, 1.82) is 0 Å². The van der Waals surface area contributed by atoms with Crippen molar-refractivity contribution in [2.75, 3.05) is 31.2 Å². The van der Waals surface area contributed by atoms with E-state index in [9.17, 15) is 18.0 Å². The highest BCUT2D eigenvalue weighted by Gasteiger charge is 2.28. The Balaban J connectivity index is 1.43. The lowest BCUT2D eigenvalue weighted by Gasteiger charge is -2.29. The summed E-state index contributed by atoms with van der Waals surface area (Å²) < 4.78 is 34.2. The molecular weight excluding hydrogens is 420 g/mol. The van der Waals surface area contributed by atoms with Crippen LogP contribution in [0.5, 0.6) is 17.2 Å². The predicted molar refractivity (Wildman–Crippen MR) is 116 cm³/mol. The van der Waals surface area contributed by atoms with Gasteiger partial charge in [-0.3, -0.25) is 9.59 Å². The van der Waals surface area contributed by atoms with E-state index in [0.717, 1.165) is 11.3 Å². The fraction of sp³-hybridized carbons (Fsp3) is 0.364. The van der Waals surface area contributed by atoms with Crippen LogP contribution in [-0.4, -0.2) is 62.4 Å². The molecule has 31 heavy (non-hydrogen) atoms. The van der Waals surface area contributed by atoms with E-state index < -0.39 is 21.8 Å². The molecule has 1 N–H and O–H groups in total. The highest BCUT2D eigenvalue weighted by Crippen LogP contribution is 2.24. The first-order valence-corrected chi connectivity index (χ1v) is 11.8. The number of ether oxygens (including phenoxy) is 2. The fourth-order valence-electron chi connectivity index (χ4n) is 3.05. The van der Waals surface area contributed by atoms with Crippen molar-refractivity contribution in [1.82, 2.24) is 10.2 Å². The van der Waals surface area contributed by atoms with Crippen LogP contribution in [-0.2, 0) is 19.4 Å². The highest BCUT2D eigenvalue weighted by molar-refractivity contribution is 7.91. The highest BCUT2D eigenvalue weighted by atomic mass is 32.2. The summed E-state index contributed by atoms with van der Waals surface area (Å²) >= 11 is 0. The molecule has 0 radical (unpaired) electrons. The minimum Gasteiger partial charge on any atom is -0.484 e. The number of rotatable bonds is 7. The van der Waals surface area contributed by atoms with Gasteiger partial charge in [0.2, 0.25) is 5.91 Å². The van der Waals surface area contributed by atoms with Crippen LogP contribution in [0.3, 0.4) is 0 Å². The van der Waals surface area contributed by atoms with Gasteiger partial charge in [0, 0.05) is 13.1 Å². The summed E-state index contributed by atoms with van der Waals surface area (Å²) in [5.74, 6) is 1.02. The molecule has 0 aromatic heterocycles. The lowest BCUT2D eigenvalue weighted by molar-refractivity contribution is -0.136. The van der Waals surface area contributed by atoms with Crippen molar-refractivity contribution in [3.8, 4) is 17.2 Å². The van der Waals surface area contributed by atoms with Crippen molar-refractivity contribution in [3.05, 3.63) is 54.1 Å². The van der Waals surface area contributed by atoms with E-state index in [4.69, 9.17) is 9.47 Å². The van der Waals surface area contributed by atoms with Crippen LogP contribution in [0.2, 0.25) is 0 Å². The average molecular weight is 447 g/mol. The number of nitrogens with one attached hydrogen (secondary N) is 1. The Morgan fingerprint density at radius 1 is 0.968 bits per heavy atom. The Morgan fingerprint density at radius 2 is 1.48 bits per heavy atom. The smallest absolute Gasteiger partial charge is 0.258 e. The number of nitrogens with zero attached hydrogens (tertiary/aromatic N) is 1. The van der Waals surface area contributed by atoms with E-state index in [2.05, 4.69) is 5.32 Å². The third kappa shape index (κ3) is 6.71. The maximum atomic E-state index is 12.4. The standard InChI is InChI=1S/C22H26N2O6S/c1-16-3-5-19(6-4-16)30-20-9-7-18(8-10-20)29-15-21(25)23-17(2)22(26)24-11-13-31(27,28)14-12-24/h3-10,17H,11-15H2,1-2H3,(H,23,25). The number of sulfone groups is 1. The summed E-state index contributed by atoms with van der Waals surface area (Å²) in [6.07, 6.45) is 0. The van der Waals surface area contributed by atoms with Gasteiger partial charge in [-0.05, 0) is 50.2 Å². The third-order valence-corrected chi connectivity index (χ3v) is 6.46. The molecule has 2 aromatic carbocycles. The monoisotopic (exact) mass is 446 g/mol. The molecule has 1 fully saturated rings. The van der Waals surface area contributed by atoms with Crippen molar-refractivity contribution >= 4 is 21.7 Å². The van der Waals surface area contributed by atoms with Crippen LogP contribution in [0.4, 0.5) is 0 Å². The van der Waals surface area contributed by atoms with Gasteiger partial charge in [-0.1, -0.05) is 17.7 Å². The molecule has 1 unspecified atom stereocenters. The number of hydrogen-bond acceptors (Lipinski definition) is 6. The van der Waals surface area contributed by atoms with Gasteiger partial charge in [-0.2, -0.15) is 0 Å². The molecule has 1 aliphatic rings. The number of carbonyl (C=O) groups is 2. The largest absolute Gasteiger partial charge is 0.484 e. The Hall–Kier alpha value is -3.07. The summed E-state index contributed by atoms with van der Waals surface area (Å²) in [6.45, 7) is 3.62. The van der Waals surface area contributed by atoms with Gasteiger partial charge < -0.3 is 19.7 Å². The van der Waals surface area contributed by atoms with Crippen molar-refractivity contribution in [2.45, 2.75) is 19.9 Å². The fourth-order valence-corrected chi connectivity index (χ4v) is 4.25. The summed E-state index contributed by atoms with van der Waals surface area (Å²) in [5.41, 5.74) is 1.15. The maximum Gasteiger partial charge on any atom is 0.258 e. The van der Waals surface area contributed by atoms with Gasteiger partial charge in [0.15, 0.2) is 16.4 Å². The van der Waals surface area contributed by atoms with Gasteiger partial charge in [0.1, 0.15) is 23.3 Å². The molecule has 1 atom stereocenters. The number of carbonyl (C=O) groups excluding carboxylic acids is 2. The number of amides is 2. The number of aryl methyl sites for hydroxylation is 1. The second kappa shape index (κ2) is 9.82. The zero-order valence-electron chi connectivity index (χ0n) is 17.5. The maximum absolute atomic E-state index is 12.4. The minimum absolute atomic E-state index is 0.0495. The van der Waals surface area contributed by atoms with E-state index >= 15 is 0 Å². The number of benzene rings is 2. The Morgan fingerprint density at radius 3 is 2.06 bits per heavy atom. The van der Waals surface area contributed by atoms with Crippen molar-refractivity contribution < 1.29 is 27.5 Å². The summed E-state index contributed by atoms with van der Waals surface area (Å²) in [4.78, 5) is 26.0. The molecule has 1 saturated heterocycles.